The zero-order chi connectivity index (χ0) is 14.8. The summed E-state index contributed by atoms with van der Waals surface area (Å²) >= 11 is 0. The van der Waals surface area contributed by atoms with E-state index in [2.05, 4.69) is 10.2 Å². The van der Waals surface area contributed by atoms with Gasteiger partial charge in [0.1, 0.15) is 5.82 Å². The van der Waals surface area contributed by atoms with E-state index in [-0.39, 0.29) is 18.0 Å². The molecule has 2 aliphatic heterocycles. The van der Waals surface area contributed by atoms with Gasteiger partial charge >= 0.3 is 0 Å². The van der Waals surface area contributed by atoms with Crippen molar-refractivity contribution >= 4 is 12.4 Å². The third-order valence-electron chi connectivity index (χ3n) is 4.78. The number of nitrogens with one attached hydrogen (secondary N) is 1. The maximum atomic E-state index is 13.7. The van der Waals surface area contributed by atoms with E-state index in [0.29, 0.717) is 24.6 Å². The van der Waals surface area contributed by atoms with Crippen molar-refractivity contribution in [3.05, 3.63) is 35.1 Å². The summed E-state index contributed by atoms with van der Waals surface area (Å²) in [6.07, 6.45) is 4.68. The fourth-order valence-electron chi connectivity index (χ4n) is 3.55. The number of likely N-dealkylation sites (tertiary alicyclic amines) is 1. The molecule has 2 nitrogen and oxygen atoms in total. The van der Waals surface area contributed by atoms with Crippen LogP contribution < -0.4 is 5.32 Å². The molecule has 22 heavy (non-hydrogen) atoms. The number of piperidine rings is 1. The van der Waals surface area contributed by atoms with Crippen molar-refractivity contribution in [1.82, 2.24) is 10.2 Å². The Labute approximate surface area is 135 Å². The molecular formula is C16H22ClF3N2. The minimum absolute atomic E-state index is 0. The number of halogens is 4. The minimum atomic E-state index is -1.12. The van der Waals surface area contributed by atoms with E-state index in [1.165, 1.54) is 12.8 Å². The summed E-state index contributed by atoms with van der Waals surface area (Å²) in [6, 6.07) is 2.25. The molecule has 0 aromatic heterocycles. The zero-order valence-electron chi connectivity index (χ0n) is 12.5. The molecule has 0 amide bonds. The molecule has 2 aliphatic rings. The number of benzene rings is 1. The summed E-state index contributed by atoms with van der Waals surface area (Å²) in [5.74, 6) is -2.06. The van der Waals surface area contributed by atoms with Crippen LogP contribution in [0.25, 0.3) is 0 Å². The van der Waals surface area contributed by atoms with Gasteiger partial charge in [-0.1, -0.05) is 0 Å². The highest BCUT2D eigenvalue weighted by Gasteiger charge is 2.28. The Hall–Kier alpha value is -0.780. The van der Waals surface area contributed by atoms with Gasteiger partial charge in [-0.05, 0) is 57.3 Å². The highest BCUT2D eigenvalue weighted by Crippen LogP contribution is 2.27. The Morgan fingerprint density at radius 2 is 1.68 bits per heavy atom. The third-order valence-corrected chi connectivity index (χ3v) is 4.78. The third kappa shape index (κ3) is 3.94. The molecule has 124 valence electrons. The van der Waals surface area contributed by atoms with Gasteiger partial charge in [-0.3, -0.25) is 4.90 Å². The first kappa shape index (κ1) is 17.6. The van der Waals surface area contributed by atoms with Gasteiger partial charge in [-0.25, -0.2) is 13.2 Å². The van der Waals surface area contributed by atoms with Crippen LogP contribution in [-0.2, 0) is 6.54 Å². The minimum Gasteiger partial charge on any atom is -0.314 e. The Kier molecular flexibility index (Phi) is 6.12. The predicted octanol–water partition coefficient (Wildman–Crippen LogP) is 3.49. The van der Waals surface area contributed by atoms with Crippen LogP contribution in [-0.4, -0.2) is 30.6 Å². The smallest absolute Gasteiger partial charge is 0.161 e. The molecule has 2 saturated heterocycles. The van der Waals surface area contributed by atoms with Gasteiger partial charge in [0.2, 0.25) is 0 Å². The lowest BCUT2D eigenvalue weighted by Gasteiger charge is -2.35. The van der Waals surface area contributed by atoms with Gasteiger partial charge in [0.05, 0.1) is 0 Å². The van der Waals surface area contributed by atoms with E-state index in [4.69, 9.17) is 0 Å². The average molecular weight is 335 g/mol. The normalized spacial score (nSPS) is 23.5. The SMILES string of the molecule is Cl.Fc1cc(F)c(CN2CCC(C3CCCN3)CC2)cc1F. The maximum Gasteiger partial charge on any atom is 0.161 e. The fourth-order valence-corrected chi connectivity index (χ4v) is 3.55. The first-order chi connectivity index (χ1) is 10.1. The van der Waals surface area contributed by atoms with Crippen LogP contribution in [0.2, 0.25) is 0 Å². The largest absolute Gasteiger partial charge is 0.314 e. The predicted molar refractivity (Wildman–Crippen MR) is 82.6 cm³/mol. The number of hydrogen-bond donors (Lipinski definition) is 1. The van der Waals surface area contributed by atoms with Gasteiger partial charge in [0.15, 0.2) is 11.6 Å². The Bertz CT molecular complexity index is 498. The lowest BCUT2D eigenvalue weighted by molar-refractivity contribution is 0.156. The van der Waals surface area contributed by atoms with E-state index in [9.17, 15) is 13.2 Å². The molecule has 1 unspecified atom stereocenters. The summed E-state index contributed by atoms with van der Waals surface area (Å²) in [6.45, 7) is 3.25. The van der Waals surface area contributed by atoms with E-state index in [1.807, 2.05) is 0 Å². The summed E-state index contributed by atoms with van der Waals surface area (Å²) in [4.78, 5) is 2.13. The van der Waals surface area contributed by atoms with Crippen molar-refractivity contribution in [2.75, 3.05) is 19.6 Å². The van der Waals surface area contributed by atoms with Crippen LogP contribution in [0.1, 0.15) is 31.2 Å². The number of rotatable bonds is 3. The average Bonchev–Trinajstić information content (AvgIpc) is 3.00. The van der Waals surface area contributed by atoms with Crippen LogP contribution in [0.3, 0.4) is 0 Å². The fraction of sp³-hybridized carbons (Fsp3) is 0.625. The topological polar surface area (TPSA) is 15.3 Å². The zero-order valence-corrected chi connectivity index (χ0v) is 13.3. The standard InChI is InChI=1S/C16H21F3N2.ClH/c17-13-9-15(19)14(18)8-12(13)10-21-6-3-11(4-7-21)16-2-1-5-20-16;/h8-9,11,16,20H,1-7,10H2;1H. The summed E-state index contributed by atoms with van der Waals surface area (Å²) in [7, 11) is 0. The molecular weight excluding hydrogens is 313 g/mol. The van der Waals surface area contributed by atoms with E-state index < -0.39 is 17.5 Å². The lowest BCUT2D eigenvalue weighted by Crippen LogP contribution is -2.40. The molecule has 1 aromatic carbocycles. The first-order valence-electron chi connectivity index (χ1n) is 7.72. The number of nitrogens with zero attached hydrogens (tertiary/aromatic N) is 1. The van der Waals surface area contributed by atoms with Gasteiger partial charge in [-0.2, -0.15) is 0 Å². The summed E-state index contributed by atoms with van der Waals surface area (Å²) < 4.78 is 39.8. The molecule has 3 rings (SSSR count). The second kappa shape index (κ2) is 7.66. The van der Waals surface area contributed by atoms with Crippen molar-refractivity contribution < 1.29 is 13.2 Å². The Morgan fingerprint density at radius 1 is 1.00 bits per heavy atom. The highest BCUT2D eigenvalue weighted by molar-refractivity contribution is 5.85. The van der Waals surface area contributed by atoms with Crippen molar-refractivity contribution in [1.29, 1.82) is 0 Å². The molecule has 2 heterocycles. The van der Waals surface area contributed by atoms with Gasteiger partial charge in [-0.15, -0.1) is 12.4 Å². The lowest BCUT2D eigenvalue weighted by atomic mass is 9.88. The molecule has 0 bridgehead atoms. The van der Waals surface area contributed by atoms with Crippen molar-refractivity contribution in [2.24, 2.45) is 5.92 Å². The molecule has 0 aliphatic carbocycles. The Balaban J connectivity index is 0.00000176. The first-order valence-corrected chi connectivity index (χ1v) is 7.72. The van der Waals surface area contributed by atoms with Crippen LogP contribution >= 0.6 is 12.4 Å². The molecule has 1 atom stereocenters. The van der Waals surface area contributed by atoms with Crippen LogP contribution in [0.15, 0.2) is 12.1 Å². The number of hydrogen-bond acceptors (Lipinski definition) is 2. The van der Waals surface area contributed by atoms with E-state index in [0.717, 1.165) is 38.5 Å². The molecule has 0 radical (unpaired) electrons. The van der Waals surface area contributed by atoms with Crippen LogP contribution in [0.4, 0.5) is 13.2 Å². The monoisotopic (exact) mass is 334 g/mol. The molecule has 1 aromatic rings. The van der Waals surface area contributed by atoms with Crippen LogP contribution in [0, 0.1) is 23.4 Å². The van der Waals surface area contributed by atoms with E-state index in [1.54, 1.807) is 0 Å². The quantitative estimate of drug-likeness (QED) is 0.851. The summed E-state index contributed by atoms with van der Waals surface area (Å²) in [5, 5.41) is 3.54. The van der Waals surface area contributed by atoms with Gasteiger partial charge in [0.25, 0.3) is 0 Å². The Morgan fingerprint density at radius 3 is 2.32 bits per heavy atom. The van der Waals surface area contributed by atoms with Crippen molar-refractivity contribution in [3.8, 4) is 0 Å². The molecule has 0 saturated carbocycles. The van der Waals surface area contributed by atoms with Crippen molar-refractivity contribution in [2.45, 2.75) is 38.3 Å². The highest BCUT2D eigenvalue weighted by atomic mass is 35.5. The van der Waals surface area contributed by atoms with Gasteiger partial charge in [0, 0.05) is 24.2 Å². The molecule has 0 spiro atoms. The molecule has 2 fully saturated rings. The summed E-state index contributed by atoms with van der Waals surface area (Å²) in [5.41, 5.74) is 0.242. The van der Waals surface area contributed by atoms with Gasteiger partial charge < -0.3 is 5.32 Å². The van der Waals surface area contributed by atoms with E-state index >= 15 is 0 Å². The molecule has 6 heteroatoms. The molecule has 1 N–H and O–H groups in total. The van der Waals surface area contributed by atoms with Crippen molar-refractivity contribution in [3.63, 3.8) is 0 Å². The second-order valence-electron chi connectivity index (χ2n) is 6.17. The maximum absolute atomic E-state index is 13.7. The van der Waals surface area contributed by atoms with Crippen LogP contribution in [0.5, 0.6) is 0 Å². The second-order valence-corrected chi connectivity index (χ2v) is 6.17.